The average Bonchev–Trinajstić information content (AvgIpc) is 1.53. The zero-order valence-electron chi connectivity index (χ0n) is 50.0. The first-order chi connectivity index (χ1) is 40.8. The van der Waals surface area contributed by atoms with Crippen molar-refractivity contribution >= 4 is 41.0 Å². The third-order valence-electron chi connectivity index (χ3n) is 20.6. The van der Waals surface area contributed by atoms with Gasteiger partial charge < -0.3 is 38.2 Å². The van der Waals surface area contributed by atoms with E-state index in [1.165, 1.54) is 57.7 Å². The van der Waals surface area contributed by atoms with E-state index in [0.717, 1.165) is 40.1 Å². The van der Waals surface area contributed by atoms with Gasteiger partial charge in [-0.3, -0.25) is 30.3 Å². The molecule has 0 N–H and O–H groups in total. The van der Waals surface area contributed by atoms with Crippen molar-refractivity contribution < 1.29 is 43.2 Å². The van der Waals surface area contributed by atoms with Crippen molar-refractivity contribution in [2.24, 2.45) is 22.2 Å². The van der Waals surface area contributed by atoms with Crippen LogP contribution in [0.15, 0.2) is 145 Å². The van der Waals surface area contributed by atoms with E-state index in [1.807, 2.05) is 36.4 Å². The van der Waals surface area contributed by atoms with Crippen LogP contribution in [0.1, 0.15) is 101 Å². The van der Waals surface area contributed by atoms with Gasteiger partial charge in [0.1, 0.15) is 0 Å². The third kappa shape index (κ3) is 7.53. The molecule has 6 atom stereocenters. The largest absolute Gasteiger partial charge is 0.493 e. The number of non-ortho nitro benzene ring substituents is 3. The molecule has 13 rings (SSSR count). The van der Waals surface area contributed by atoms with Crippen LogP contribution in [-0.4, -0.2) is 68.6 Å². The van der Waals surface area contributed by atoms with E-state index in [-0.39, 0.29) is 40.2 Å². The Morgan fingerprint density at radius 2 is 1.03 bits per heavy atom. The zero-order chi connectivity index (χ0) is 60.9. The molecule has 5 aromatic rings. The number of nitrogens with zero attached hydrogens (tertiary/aromatic N) is 6. The molecule has 0 aromatic heterocycles. The molecule has 2 saturated heterocycles. The van der Waals surface area contributed by atoms with Crippen molar-refractivity contribution in [3.05, 3.63) is 215 Å². The summed E-state index contributed by atoms with van der Waals surface area (Å²) in [6, 6.07) is 23.8. The van der Waals surface area contributed by atoms with E-state index < -0.39 is 59.1 Å². The molecular weight excluding hydrogens is 1090 g/mol. The first-order valence-electron chi connectivity index (χ1n) is 28.9. The van der Waals surface area contributed by atoms with Crippen LogP contribution in [0, 0.1) is 52.5 Å². The molecule has 6 aliphatic heterocycles. The van der Waals surface area contributed by atoms with Crippen LogP contribution in [0.25, 0.3) is 18.2 Å². The maximum atomic E-state index is 12.2. The molecule has 2 aliphatic carbocycles. The topological polar surface area (TPSA) is 195 Å². The zero-order valence-corrected chi connectivity index (χ0v) is 50.0. The molecule has 442 valence electrons. The summed E-state index contributed by atoms with van der Waals surface area (Å²) in [5.41, 5.74) is 0.661. The second kappa shape index (κ2) is 18.9. The highest BCUT2D eigenvalue weighted by Crippen LogP contribution is 2.68. The number of nitro benzene ring substituents is 3. The summed E-state index contributed by atoms with van der Waals surface area (Å²) >= 11 is 0. The van der Waals surface area contributed by atoms with Crippen LogP contribution in [0.5, 0.6) is 34.5 Å². The first kappa shape index (κ1) is 56.0. The van der Waals surface area contributed by atoms with E-state index in [2.05, 4.69) is 155 Å². The maximum Gasteiger partial charge on any atom is 0.274 e. The van der Waals surface area contributed by atoms with Gasteiger partial charge in [0, 0.05) is 93.6 Å². The Kier molecular flexibility index (Phi) is 12.3. The normalized spacial score (nSPS) is 27.5. The number of allylic oxidation sites excluding steroid dienone is 6. The minimum atomic E-state index is -1.18. The Morgan fingerprint density at radius 3 is 1.57 bits per heavy atom. The first-order valence-corrected chi connectivity index (χ1v) is 28.9. The smallest absolute Gasteiger partial charge is 0.274 e. The van der Waals surface area contributed by atoms with E-state index in [4.69, 9.17) is 28.4 Å². The summed E-state index contributed by atoms with van der Waals surface area (Å²) in [6.07, 6.45) is 27.7. The number of likely N-dealkylation sites (tertiary alicyclic amines) is 2. The fraction of sp³-hybridized carbons (Fsp3) is 0.353. The van der Waals surface area contributed by atoms with E-state index in [9.17, 15) is 30.3 Å². The summed E-state index contributed by atoms with van der Waals surface area (Å²) in [7, 11) is 4.47. The van der Waals surface area contributed by atoms with Gasteiger partial charge in [-0.2, -0.15) is 0 Å². The average molecular weight is 1160 g/mol. The van der Waals surface area contributed by atoms with Crippen LogP contribution in [0.3, 0.4) is 0 Å². The fourth-order valence-corrected chi connectivity index (χ4v) is 15.7. The van der Waals surface area contributed by atoms with Crippen LogP contribution in [0.4, 0.5) is 22.7 Å². The molecule has 18 nitrogen and oxygen atoms in total. The lowest BCUT2D eigenvalue weighted by atomic mass is 9.60. The van der Waals surface area contributed by atoms with Gasteiger partial charge in [-0.05, 0) is 98.0 Å². The summed E-state index contributed by atoms with van der Waals surface area (Å²) in [4.78, 5) is 42.4. The monoisotopic (exact) mass is 1160 g/mol. The molecule has 0 bridgehead atoms. The van der Waals surface area contributed by atoms with Gasteiger partial charge in [0.2, 0.25) is 11.4 Å². The van der Waals surface area contributed by atoms with Crippen LogP contribution in [0.2, 0.25) is 0 Å². The standard InChI is InChI=1S/C68H68N6O12/c1-61(2)51-18-12-13-19-52(51)69(66(61)27-22-45-33-48(72(75)76)36-53(81-9)58(45)84-66)39-42-30-43(40-70-57-21-15-16-25-64(57,7)63(5,6)68(70)29-24-47-35-50(74(79)80)38-55(83-11)60(47)86-68)32-44(31-42)41-71-65(8)26-17-14-20-56(65)62(3,4)67(71)28-23-46-34-49(73(77)78)37-54(82-10)59(46)85-67/h12-24,26-38,56H,25,39-41H2,1-11H3. The molecule has 0 saturated carbocycles. The van der Waals surface area contributed by atoms with Crippen LogP contribution < -0.4 is 33.3 Å². The van der Waals surface area contributed by atoms with Crippen molar-refractivity contribution in [1.29, 1.82) is 0 Å². The number of fused-ring (bicyclic) bond motifs is 6. The summed E-state index contributed by atoms with van der Waals surface area (Å²) in [6.45, 7) is 18.7. The van der Waals surface area contributed by atoms with Crippen molar-refractivity contribution in [3.63, 3.8) is 0 Å². The van der Waals surface area contributed by atoms with Crippen molar-refractivity contribution in [1.82, 2.24) is 9.80 Å². The molecule has 6 heterocycles. The quantitative estimate of drug-likeness (QED) is 0.0845. The lowest BCUT2D eigenvalue weighted by molar-refractivity contribution is -0.385. The molecule has 0 radical (unpaired) electrons. The second-order valence-electron chi connectivity index (χ2n) is 25.7. The minimum Gasteiger partial charge on any atom is -0.493 e. The fourth-order valence-electron chi connectivity index (χ4n) is 15.7. The number of benzene rings is 5. The Balaban J connectivity index is 0.998. The number of para-hydroxylation sites is 1. The summed E-state index contributed by atoms with van der Waals surface area (Å²) in [5.74, 6) is 1.88. The Labute approximate surface area is 499 Å². The molecule has 0 amide bonds. The molecule has 18 heteroatoms. The minimum absolute atomic E-state index is 0.0789. The van der Waals surface area contributed by atoms with E-state index in [0.29, 0.717) is 53.6 Å². The highest BCUT2D eigenvalue weighted by molar-refractivity contribution is 5.76. The highest BCUT2D eigenvalue weighted by Gasteiger charge is 2.70. The van der Waals surface area contributed by atoms with Crippen molar-refractivity contribution in [3.8, 4) is 34.5 Å². The lowest BCUT2D eigenvalue weighted by Gasteiger charge is -2.49. The molecule has 3 spiro atoms. The van der Waals surface area contributed by atoms with Gasteiger partial charge in [0.05, 0.1) is 59.7 Å². The van der Waals surface area contributed by atoms with Crippen molar-refractivity contribution in [2.45, 2.75) is 110 Å². The lowest BCUT2D eigenvalue weighted by Crippen LogP contribution is -2.59. The summed E-state index contributed by atoms with van der Waals surface area (Å²) in [5, 5.41) is 36.7. The van der Waals surface area contributed by atoms with Gasteiger partial charge in [-0.1, -0.05) is 107 Å². The maximum absolute atomic E-state index is 12.2. The molecular formula is C68H68N6O12. The van der Waals surface area contributed by atoms with Crippen LogP contribution >= 0.6 is 0 Å². The molecule has 5 aromatic carbocycles. The van der Waals surface area contributed by atoms with Gasteiger partial charge in [-0.15, -0.1) is 0 Å². The van der Waals surface area contributed by atoms with Gasteiger partial charge in [0.15, 0.2) is 40.2 Å². The van der Waals surface area contributed by atoms with Crippen molar-refractivity contribution in [2.75, 3.05) is 26.2 Å². The van der Waals surface area contributed by atoms with Gasteiger partial charge in [0.25, 0.3) is 17.1 Å². The highest BCUT2D eigenvalue weighted by atomic mass is 16.6. The molecule has 2 fully saturated rings. The number of rotatable bonds is 12. The predicted octanol–water partition coefficient (Wildman–Crippen LogP) is 14.2. The van der Waals surface area contributed by atoms with E-state index in [1.54, 1.807) is 0 Å². The Morgan fingerprint density at radius 1 is 0.558 bits per heavy atom. The molecule has 86 heavy (non-hydrogen) atoms. The number of nitro groups is 3. The van der Waals surface area contributed by atoms with Gasteiger partial charge >= 0.3 is 0 Å². The van der Waals surface area contributed by atoms with Gasteiger partial charge in [-0.25, -0.2) is 4.90 Å². The van der Waals surface area contributed by atoms with E-state index >= 15 is 0 Å². The summed E-state index contributed by atoms with van der Waals surface area (Å²) < 4.78 is 39.9. The SMILES string of the molecule is COc1cc([N+](=O)[O-])cc2c1OC1(C=C2)N(Cc2cc(CN3C4(C)C=CC=CC4C(C)(C)C34C=Cc3cc([N+](=O)[O-])cc(OC)c3O4)cc(CN3C4=CC=CCC4(C)C(C)(C)C34C=Cc3cc([N+](=O)[O-])cc(OC)c3O4)c2)c2ccccc2C1(C)C. The molecule has 6 unspecified atom stereocenters. The Bertz CT molecular complexity index is 4020. The number of hydrogen-bond acceptors (Lipinski definition) is 15. The van der Waals surface area contributed by atoms with Crippen LogP contribution in [-0.2, 0) is 25.0 Å². The number of ether oxygens (including phenoxy) is 6. The number of anilines is 1. The Hall–Kier alpha value is -9.16. The number of hydrogen-bond donors (Lipinski definition) is 0. The third-order valence-corrected chi connectivity index (χ3v) is 20.6. The molecule has 8 aliphatic rings. The second-order valence-corrected chi connectivity index (χ2v) is 25.7. The number of methoxy groups -OCH3 is 3. The predicted molar refractivity (Wildman–Crippen MR) is 327 cm³/mol.